The smallest absolute Gasteiger partial charge is 0.305 e. The lowest BCUT2D eigenvalue weighted by molar-refractivity contribution is -0.140. The Hall–Kier alpha value is -0.830. The Labute approximate surface area is 98.5 Å². The Morgan fingerprint density at radius 1 is 1.25 bits per heavy atom. The van der Waals surface area contributed by atoms with E-state index in [2.05, 4.69) is 10.8 Å². The summed E-state index contributed by atoms with van der Waals surface area (Å²) < 4.78 is 4.56. The molecule has 0 aromatic carbocycles. The van der Waals surface area contributed by atoms with E-state index in [0.29, 0.717) is 6.42 Å². The molecule has 94 valence electrons. The molecule has 0 aliphatic heterocycles. The van der Waals surface area contributed by atoms with Gasteiger partial charge in [0.05, 0.1) is 13.2 Å². The molecule has 1 N–H and O–H groups in total. The van der Waals surface area contributed by atoms with Crippen LogP contribution in [0.4, 0.5) is 0 Å². The lowest BCUT2D eigenvalue weighted by Gasteiger charge is -1.99. The fourth-order valence-corrected chi connectivity index (χ4v) is 1.40. The monoisotopic (exact) mass is 228 g/mol. The van der Waals surface area contributed by atoms with Gasteiger partial charge in [-0.2, -0.15) is 0 Å². The van der Waals surface area contributed by atoms with E-state index >= 15 is 0 Å². The van der Waals surface area contributed by atoms with Crippen LogP contribution in [-0.2, 0) is 9.53 Å². The Balaban J connectivity index is 3.15. The van der Waals surface area contributed by atoms with Crippen LogP contribution in [0.1, 0.15) is 51.9 Å². The van der Waals surface area contributed by atoms with Crippen LogP contribution in [0.3, 0.4) is 0 Å². The molecule has 0 unspecified atom stereocenters. The minimum Gasteiger partial charge on any atom is -0.469 e. The SMILES string of the molecule is COC(=O)CCCCCC/C=C/C[C@@H](C)O. The van der Waals surface area contributed by atoms with Crippen LogP contribution >= 0.6 is 0 Å². The van der Waals surface area contributed by atoms with Crippen LogP contribution in [0.25, 0.3) is 0 Å². The van der Waals surface area contributed by atoms with Crippen molar-refractivity contribution in [2.75, 3.05) is 7.11 Å². The molecule has 0 rings (SSSR count). The molecule has 0 saturated carbocycles. The molecular formula is C13H24O3. The third-order valence-electron chi connectivity index (χ3n) is 2.37. The lowest BCUT2D eigenvalue weighted by Crippen LogP contribution is -1.99. The zero-order valence-corrected chi connectivity index (χ0v) is 10.4. The summed E-state index contributed by atoms with van der Waals surface area (Å²) in [5, 5.41) is 9.01. The van der Waals surface area contributed by atoms with Crippen molar-refractivity contribution < 1.29 is 14.6 Å². The van der Waals surface area contributed by atoms with Crippen LogP contribution in [0, 0.1) is 0 Å². The summed E-state index contributed by atoms with van der Waals surface area (Å²) in [5.74, 6) is -0.114. The molecule has 3 heteroatoms. The predicted molar refractivity (Wildman–Crippen MR) is 65.2 cm³/mol. The minimum absolute atomic E-state index is 0.114. The molecule has 3 nitrogen and oxygen atoms in total. The molecule has 0 aliphatic carbocycles. The predicted octanol–water partition coefficient (Wildman–Crippen LogP) is 2.83. The molecule has 0 fully saturated rings. The van der Waals surface area contributed by atoms with E-state index < -0.39 is 0 Å². The van der Waals surface area contributed by atoms with Crippen LogP contribution in [-0.4, -0.2) is 24.3 Å². The molecule has 0 radical (unpaired) electrons. The highest BCUT2D eigenvalue weighted by atomic mass is 16.5. The molecule has 0 aromatic heterocycles. The van der Waals surface area contributed by atoms with E-state index in [0.717, 1.165) is 38.5 Å². The van der Waals surface area contributed by atoms with E-state index in [1.54, 1.807) is 6.92 Å². The van der Waals surface area contributed by atoms with Crippen LogP contribution in [0.5, 0.6) is 0 Å². The highest BCUT2D eigenvalue weighted by Crippen LogP contribution is 2.06. The van der Waals surface area contributed by atoms with Gasteiger partial charge in [-0.1, -0.05) is 25.0 Å². The third kappa shape index (κ3) is 11.2. The second-order valence-corrected chi connectivity index (χ2v) is 4.09. The van der Waals surface area contributed by atoms with E-state index in [1.165, 1.54) is 7.11 Å². The van der Waals surface area contributed by atoms with E-state index in [9.17, 15) is 4.79 Å². The van der Waals surface area contributed by atoms with Crippen LogP contribution in [0.15, 0.2) is 12.2 Å². The maximum Gasteiger partial charge on any atom is 0.305 e. The number of ether oxygens (including phenoxy) is 1. The van der Waals surface area contributed by atoms with Crippen molar-refractivity contribution >= 4 is 5.97 Å². The number of carbonyl (C=O) groups excluding carboxylic acids is 1. The Kier molecular flexibility index (Phi) is 10.1. The summed E-state index contributed by atoms with van der Waals surface area (Å²) >= 11 is 0. The van der Waals surface area contributed by atoms with Gasteiger partial charge < -0.3 is 9.84 Å². The third-order valence-corrected chi connectivity index (χ3v) is 2.37. The average molecular weight is 228 g/mol. The van der Waals surface area contributed by atoms with Gasteiger partial charge in [-0.05, 0) is 32.6 Å². The molecule has 1 atom stereocenters. The number of aliphatic hydroxyl groups excluding tert-OH is 1. The Morgan fingerprint density at radius 3 is 2.56 bits per heavy atom. The summed E-state index contributed by atoms with van der Waals surface area (Å²) in [5.41, 5.74) is 0. The summed E-state index contributed by atoms with van der Waals surface area (Å²) in [6.07, 6.45) is 10.5. The number of methoxy groups -OCH3 is 1. The van der Waals surface area contributed by atoms with Crippen LogP contribution < -0.4 is 0 Å². The van der Waals surface area contributed by atoms with Gasteiger partial charge in [-0.3, -0.25) is 4.79 Å². The summed E-state index contributed by atoms with van der Waals surface area (Å²) in [6.45, 7) is 1.79. The topological polar surface area (TPSA) is 46.5 Å². The minimum atomic E-state index is -0.240. The average Bonchev–Trinajstić information content (AvgIpc) is 2.26. The van der Waals surface area contributed by atoms with Crippen molar-refractivity contribution in [1.29, 1.82) is 0 Å². The van der Waals surface area contributed by atoms with Gasteiger partial charge in [0.1, 0.15) is 0 Å². The van der Waals surface area contributed by atoms with Gasteiger partial charge in [0.15, 0.2) is 0 Å². The summed E-state index contributed by atoms with van der Waals surface area (Å²) in [4.78, 5) is 10.8. The maximum atomic E-state index is 10.8. The van der Waals surface area contributed by atoms with E-state index in [-0.39, 0.29) is 12.1 Å². The molecule has 0 saturated heterocycles. The quantitative estimate of drug-likeness (QED) is 0.375. The highest BCUT2D eigenvalue weighted by molar-refractivity contribution is 5.68. The van der Waals surface area contributed by atoms with Gasteiger partial charge in [-0.15, -0.1) is 0 Å². The summed E-state index contributed by atoms with van der Waals surface area (Å²) in [6, 6.07) is 0. The standard InChI is InChI=1S/C13H24O3/c1-12(14)10-8-6-4-3-5-7-9-11-13(15)16-2/h6,8,12,14H,3-5,7,9-11H2,1-2H3/b8-6+/t12-/m1/s1. The van der Waals surface area contributed by atoms with Crippen molar-refractivity contribution in [2.45, 2.75) is 58.0 Å². The lowest BCUT2D eigenvalue weighted by atomic mass is 10.1. The van der Waals surface area contributed by atoms with Crippen molar-refractivity contribution in [3.05, 3.63) is 12.2 Å². The molecule has 0 aliphatic rings. The molecule has 16 heavy (non-hydrogen) atoms. The van der Waals surface area contributed by atoms with Gasteiger partial charge in [-0.25, -0.2) is 0 Å². The van der Waals surface area contributed by atoms with Crippen molar-refractivity contribution in [3.8, 4) is 0 Å². The number of unbranched alkanes of at least 4 members (excludes halogenated alkanes) is 4. The Morgan fingerprint density at radius 2 is 1.94 bits per heavy atom. The van der Waals surface area contributed by atoms with Crippen molar-refractivity contribution in [2.24, 2.45) is 0 Å². The van der Waals surface area contributed by atoms with Gasteiger partial charge >= 0.3 is 5.97 Å². The molecule has 0 spiro atoms. The van der Waals surface area contributed by atoms with E-state index in [4.69, 9.17) is 5.11 Å². The number of esters is 1. The number of rotatable bonds is 9. The van der Waals surface area contributed by atoms with Crippen molar-refractivity contribution in [1.82, 2.24) is 0 Å². The fraction of sp³-hybridized carbons (Fsp3) is 0.769. The first-order valence-corrected chi connectivity index (χ1v) is 6.06. The second-order valence-electron chi connectivity index (χ2n) is 4.09. The number of hydrogen-bond acceptors (Lipinski definition) is 3. The second kappa shape index (κ2) is 10.7. The van der Waals surface area contributed by atoms with Crippen LogP contribution in [0.2, 0.25) is 0 Å². The normalized spacial score (nSPS) is 12.9. The zero-order chi connectivity index (χ0) is 12.2. The molecule has 0 aromatic rings. The number of aliphatic hydroxyl groups is 1. The largest absolute Gasteiger partial charge is 0.469 e. The molecule has 0 amide bonds. The first kappa shape index (κ1) is 15.2. The first-order chi connectivity index (χ1) is 7.66. The van der Waals surface area contributed by atoms with Crippen molar-refractivity contribution in [3.63, 3.8) is 0 Å². The Bertz CT molecular complexity index is 197. The maximum absolute atomic E-state index is 10.8. The molecular weight excluding hydrogens is 204 g/mol. The van der Waals surface area contributed by atoms with Gasteiger partial charge in [0.25, 0.3) is 0 Å². The van der Waals surface area contributed by atoms with Gasteiger partial charge in [0.2, 0.25) is 0 Å². The number of carbonyl (C=O) groups is 1. The summed E-state index contributed by atoms with van der Waals surface area (Å²) in [7, 11) is 1.43. The fourth-order valence-electron chi connectivity index (χ4n) is 1.40. The first-order valence-electron chi connectivity index (χ1n) is 6.06. The van der Waals surface area contributed by atoms with E-state index in [1.807, 2.05) is 6.08 Å². The zero-order valence-electron chi connectivity index (χ0n) is 10.4. The highest BCUT2D eigenvalue weighted by Gasteiger charge is 1.98. The van der Waals surface area contributed by atoms with Gasteiger partial charge in [0, 0.05) is 6.42 Å². The molecule has 0 heterocycles. The molecule has 0 bridgehead atoms. The number of allylic oxidation sites excluding steroid dienone is 1. The number of hydrogen-bond donors (Lipinski definition) is 1.